The van der Waals surface area contributed by atoms with Crippen molar-refractivity contribution in [2.75, 3.05) is 20.2 Å². The molecule has 3 N–H and O–H groups in total. The maximum absolute atomic E-state index is 9.48. The average molecular weight is 251 g/mol. The van der Waals surface area contributed by atoms with Crippen molar-refractivity contribution in [1.82, 2.24) is 9.88 Å². The van der Waals surface area contributed by atoms with E-state index in [2.05, 4.69) is 23.7 Å². The van der Waals surface area contributed by atoms with Gasteiger partial charge in [-0.15, -0.1) is 0 Å². The number of pyridine rings is 1. The van der Waals surface area contributed by atoms with Crippen LogP contribution in [0, 0.1) is 5.92 Å². The molecule has 18 heavy (non-hydrogen) atoms. The van der Waals surface area contributed by atoms with E-state index in [0.717, 1.165) is 13.0 Å². The van der Waals surface area contributed by atoms with Crippen LogP contribution in [-0.2, 0) is 6.42 Å². The fourth-order valence-electron chi connectivity index (χ4n) is 2.02. The Balaban J connectivity index is 2.50. The zero-order valence-corrected chi connectivity index (χ0v) is 11.6. The number of hydrogen-bond acceptors (Lipinski definition) is 4. The van der Waals surface area contributed by atoms with E-state index in [1.165, 1.54) is 5.56 Å². The Morgan fingerprint density at radius 1 is 1.33 bits per heavy atom. The Hall–Kier alpha value is -0.970. The Morgan fingerprint density at radius 3 is 2.44 bits per heavy atom. The fourth-order valence-corrected chi connectivity index (χ4v) is 2.02. The van der Waals surface area contributed by atoms with Gasteiger partial charge < -0.3 is 10.8 Å². The first kappa shape index (κ1) is 15.1. The van der Waals surface area contributed by atoms with E-state index in [1.807, 2.05) is 19.2 Å². The molecule has 1 aromatic heterocycles. The van der Waals surface area contributed by atoms with Gasteiger partial charge in [0.05, 0.1) is 6.61 Å². The predicted molar refractivity (Wildman–Crippen MR) is 74.3 cm³/mol. The van der Waals surface area contributed by atoms with Gasteiger partial charge in [-0.3, -0.25) is 9.88 Å². The van der Waals surface area contributed by atoms with Crippen molar-refractivity contribution in [1.29, 1.82) is 0 Å². The van der Waals surface area contributed by atoms with Gasteiger partial charge in [-0.2, -0.15) is 0 Å². The molecule has 4 heteroatoms. The third-order valence-electron chi connectivity index (χ3n) is 3.47. The largest absolute Gasteiger partial charge is 0.395 e. The molecule has 1 heterocycles. The van der Waals surface area contributed by atoms with Crippen molar-refractivity contribution in [3.05, 3.63) is 30.1 Å². The lowest BCUT2D eigenvalue weighted by atomic mass is 9.96. The summed E-state index contributed by atoms with van der Waals surface area (Å²) in [5.41, 5.74) is 7.39. The summed E-state index contributed by atoms with van der Waals surface area (Å²) >= 11 is 0. The minimum Gasteiger partial charge on any atom is -0.395 e. The second-order valence-corrected chi connectivity index (χ2v) is 5.16. The van der Waals surface area contributed by atoms with Crippen LogP contribution < -0.4 is 5.73 Å². The molecule has 0 aromatic carbocycles. The maximum Gasteiger partial charge on any atom is 0.0601 e. The highest BCUT2D eigenvalue weighted by atomic mass is 16.3. The lowest BCUT2D eigenvalue weighted by molar-refractivity contribution is 0.113. The molecule has 0 radical (unpaired) electrons. The van der Waals surface area contributed by atoms with E-state index < -0.39 is 0 Å². The van der Waals surface area contributed by atoms with E-state index in [9.17, 15) is 5.11 Å². The van der Waals surface area contributed by atoms with E-state index in [-0.39, 0.29) is 18.7 Å². The number of aliphatic hydroxyl groups is 1. The fraction of sp³-hybridized carbons (Fsp3) is 0.643. The maximum atomic E-state index is 9.48. The molecular formula is C14H25N3O. The number of rotatable bonds is 7. The van der Waals surface area contributed by atoms with Crippen LogP contribution in [0.15, 0.2) is 24.5 Å². The van der Waals surface area contributed by atoms with Gasteiger partial charge in [0.1, 0.15) is 0 Å². The summed E-state index contributed by atoms with van der Waals surface area (Å²) in [5.74, 6) is 0.366. The number of aromatic nitrogens is 1. The summed E-state index contributed by atoms with van der Waals surface area (Å²) in [5, 5.41) is 9.48. The summed E-state index contributed by atoms with van der Waals surface area (Å²) < 4.78 is 0. The molecule has 0 aliphatic carbocycles. The van der Waals surface area contributed by atoms with Crippen molar-refractivity contribution >= 4 is 0 Å². The Bertz CT molecular complexity index is 329. The highest BCUT2D eigenvalue weighted by Gasteiger charge is 2.23. The Kier molecular flexibility index (Phi) is 6.25. The lowest BCUT2D eigenvalue weighted by Crippen LogP contribution is -2.51. The first-order valence-corrected chi connectivity index (χ1v) is 6.51. The minimum absolute atomic E-state index is 0.00237. The summed E-state index contributed by atoms with van der Waals surface area (Å²) in [6, 6.07) is 4.05. The third kappa shape index (κ3) is 4.37. The highest BCUT2D eigenvalue weighted by molar-refractivity contribution is 5.10. The first-order valence-electron chi connectivity index (χ1n) is 6.51. The average Bonchev–Trinajstić information content (AvgIpc) is 2.38. The van der Waals surface area contributed by atoms with Gasteiger partial charge in [-0.25, -0.2) is 0 Å². The highest BCUT2D eigenvalue weighted by Crippen LogP contribution is 2.10. The molecule has 0 saturated carbocycles. The van der Waals surface area contributed by atoms with Crippen molar-refractivity contribution in [3.8, 4) is 0 Å². The van der Waals surface area contributed by atoms with Crippen LogP contribution >= 0.6 is 0 Å². The van der Waals surface area contributed by atoms with Crippen LogP contribution in [0.3, 0.4) is 0 Å². The van der Waals surface area contributed by atoms with Gasteiger partial charge in [-0.1, -0.05) is 13.8 Å². The van der Waals surface area contributed by atoms with E-state index >= 15 is 0 Å². The molecule has 4 nitrogen and oxygen atoms in total. The monoisotopic (exact) mass is 251 g/mol. The number of nitrogens with zero attached hydrogens (tertiary/aromatic N) is 2. The van der Waals surface area contributed by atoms with Gasteiger partial charge in [0.15, 0.2) is 0 Å². The molecule has 1 rings (SSSR count). The topological polar surface area (TPSA) is 62.4 Å². The molecule has 0 spiro atoms. The number of likely N-dealkylation sites (N-methyl/N-ethyl adjacent to an activating group) is 1. The minimum atomic E-state index is -0.00237. The van der Waals surface area contributed by atoms with Crippen LogP contribution in [0.1, 0.15) is 19.4 Å². The van der Waals surface area contributed by atoms with Gasteiger partial charge in [-0.05, 0) is 37.1 Å². The molecule has 0 bridgehead atoms. The molecular weight excluding hydrogens is 226 g/mol. The normalized spacial score (nSPS) is 15.1. The predicted octanol–water partition coefficient (Wildman–Crippen LogP) is 0.900. The first-order chi connectivity index (χ1) is 8.56. The van der Waals surface area contributed by atoms with Crippen LogP contribution in [0.5, 0.6) is 0 Å². The van der Waals surface area contributed by atoms with E-state index in [4.69, 9.17) is 5.73 Å². The van der Waals surface area contributed by atoms with Gasteiger partial charge in [0, 0.05) is 31.0 Å². The van der Waals surface area contributed by atoms with Crippen LogP contribution in [0.4, 0.5) is 0 Å². The standard InChI is InChI=1S/C14H25N3O/c1-11(2)14(15)13(10-18)17(3)9-6-12-4-7-16-8-5-12/h4-5,7-8,11,13-14,18H,6,9-10,15H2,1-3H3. The molecule has 2 atom stereocenters. The summed E-state index contributed by atoms with van der Waals surface area (Å²) in [7, 11) is 2.02. The molecule has 102 valence electrons. The summed E-state index contributed by atoms with van der Waals surface area (Å²) in [6.45, 7) is 5.16. The van der Waals surface area contributed by atoms with Crippen molar-refractivity contribution in [3.63, 3.8) is 0 Å². The van der Waals surface area contributed by atoms with Gasteiger partial charge >= 0.3 is 0 Å². The van der Waals surface area contributed by atoms with Gasteiger partial charge in [0.25, 0.3) is 0 Å². The van der Waals surface area contributed by atoms with Gasteiger partial charge in [0.2, 0.25) is 0 Å². The molecule has 2 unspecified atom stereocenters. The van der Waals surface area contributed by atoms with Crippen molar-refractivity contribution < 1.29 is 5.11 Å². The zero-order valence-electron chi connectivity index (χ0n) is 11.6. The number of aliphatic hydroxyl groups excluding tert-OH is 1. The number of hydrogen-bond donors (Lipinski definition) is 2. The Labute approximate surface area is 110 Å². The molecule has 0 saturated heterocycles. The Morgan fingerprint density at radius 2 is 1.94 bits per heavy atom. The molecule has 0 aliphatic heterocycles. The van der Waals surface area contributed by atoms with E-state index in [0.29, 0.717) is 5.92 Å². The van der Waals surface area contributed by atoms with E-state index in [1.54, 1.807) is 12.4 Å². The second-order valence-electron chi connectivity index (χ2n) is 5.16. The van der Waals surface area contributed by atoms with Crippen molar-refractivity contribution in [2.24, 2.45) is 11.7 Å². The molecule has 0 amide bonds. The lowest BCUT2D eigenvalue weighted by Gasteiger charge is -2.33. The summed E-state index contributed by atoms with van der Waals surface area (Å²) in [4.78, 5) is 6.15. The third-order valence-corrected chi connectivity index (χ3v) is 3.47. The molecule has 0 aliphatic rings. The van der Waals surface area contributed by atoms with Crippen LogP contribution in [-0.4, -0.2) is 47.3 Å². The van der Waals surface area contributed by atoms with Crippen molar-refractivity contribution in [2.45, 2.75) is 32.4 Å². The number of nitrogens with two attached hydrogens (primary N) is 1. The second kappa shape index (κ2) is 7.46. The SMILES string of the molecule is CC(C)C(N)C(CO)N(C)CCc1ccncc1. The zero-order chi connectivity index (χ0) is 13.5. The molecule has 0 fully saturated rings. The van der Waals surface area contributed by atoms with Crippen LogP contribution in [0.25, 0.3) is 0 Å². The quantitative estimate of drug-likeness (QED) is 0.756. The summed E-state index contributed by atoms with van der Waals surface area (Å²) in [6.07, 6.45) is 4.55. The smallest absolute Gasteiger partial charge is 0.0601 e. The van der Waals surface area contributed by atoms with Crippen LogP contribution in [0.2, 0.25) is 0 Å². The molecule has 1 aromatic rings.